The molecule has 16 heavy (non-hydrogen) atoms. The van der Waals surface area contributed by atoms with Gasteiger partial charge in [0.1, 0.15) is 0 Å². The van der Waals surface area contributed by atoms with Gasteiger partial charge < -0.3 is 14.6 Å². The Kier molecular flexibility index (Phi) is 3.90. The Balaban J connectivity index is 1.95. The first-order valence-corrected chi connectivity index (χ1v) is 5.85. The van der Waals surface area contributed by atoms with Gasteiger partial charge in [-0.1, -0.05) is 5.16 Å². The van der Waals surface area contributed by atoms with Crippen LogP contribution in [-0.2, 0) is 11.2 Å². The lowest BCUT2D eigenvalue weighted by molar-refractivity contribution is 0.116. The summed E-state index contributed by atoms with van der Waals surface area (Å²) in [4.78, 5) is 4.42. The number of methoxy groups -OCH3 is 1. The molecule has 0 amide bonds. The highest BCUT2D eigenvalue weighted by Crippen LogP contribution is 2.21. The summed E-state index contributed by atoms with van der Waals surface area (Å²) in [6.07, 6.45) is 3.15. The lowest BCUT2D eigenvalue weighted by Gasteiger charge is -2.18. The lowest BCUT2D eigenvalue weighted by atomic mass is 10.00. The number of piperidine rings is 1. The van der Waals surface area contributed by atoms with Crippen LogP contribution >= 0.6 is 0 Å². The van der Waals surface area contributed by atoms with Crippen molar-refractivity contribution in [1.82, 2.24) is 15.5 Å². The Labute approximate surface area is 95.6 Å². The Morgan fingerprint density at radius 1 is 1.62 bits per heavy atom. The molecule has 1 aliphatic heterocycles. The minimum absolute atomic E-state index is 0.134. The second-order valence-electron chi connectivity index (χ2n) is 4.34. The molecule has 2 atom stereocenters. The first-order valence-electron chi connectivity index (χ1n) is 5.85. The van der Waals surface area contributed by atoms with Crippen molar-refractivity contribution >= 4 is 0 Å². The Hall–Kier alpha value is -0.940. The van der Waals surface area contributed by atoms with Gasteiger partial charge in [-0.05, 0) is 26.3 Å². The van der Waals surface area contributed by atoms with Crippen molar-refractivity contribution < 1.29 is 9.26 Å². The van der Waals surface area contributed by atoms with Gasteiger partial charge >= 0.3 is 0 Å². The van der Waals surface area contributed by atoms with Crippen molar-refractivity contribution in [3.8, 4) is 0 Å². The molecule has 0 saturated carbocycles. The molecule has 5 heteroatoms. The molecule has 90 valence electrons. The summed E-state index contributed by atoms with van der Waals surface area (Å²) in [7, 11) is 1.69. The Bertz CT molecular complexity index is 321. The molecule has 0 aliphatic carbocycles. The van der Waals surface area contributed by atoms with E-state index in [2.05, 4.69) is 15.5 Å². The van der Waals surface area contributed by atoms with Crippen LogP contribution in [0, 0.1) is 0 Å². The smallest absolute Gasteiger partial charge is 0.231 e. The zero-order valence-electron chi connectivity index (χ0n) is 9.90. The molecule has 0 radical (unpaired) electrons. The van der Waals surface area contributed by atoms with Crippen LogP contribution < -0.4 is 5.32 Å². The topological polar surface area (TPSA) is 60.2 Å². The fourth-order valence-electron chi connectivity index (χ4n) is 1.92. The highest BCUT2D eigenvalue weighted by atomic mass is 16.5. The van der Waals surface area contributed by atoms with E-state index in [0.717, 1.165) is 31.2 Å². The maximum atomic E-state index is 5.29. The summed E-state index contributed by atoms with van der Waals surface area (Å²) in [6.45, 7) is 4.04. The molecule has 1 aromatic rings. The van der Waals surface area contributed by atoms with Crippen molar-refractivity contribution in [1.29, 1.82) is 0 Å². The van der Waals surface area contributed by atoms with Gasteiger partial charge in [0.2, 0.25) is 5.89 Å². The average molecular weight is 225 g/mol. The number of ether oxygens (including phenoxy) is 1. The predicted molar refractivity (Wildman–Crippen MR) is 59.3 cm³/mol. The van der Waals surface area contributed by atoms with Crippen molar-refractivity contribution in [3.63, 3.8) is 0 Å². The highest BCUT2D eigenvalue weighted by Gasteiger charge is 2.21. The largest absolute Gasteiger partial charge is 0.381 e. The summed E-state index contributed by atoms with van der Waals surface area (Å²) in [5.74, 6) is 1.90. The molecular formula is C11H19N3O2. The van der Waals surface area contributed by atoms with Crippen LogP contribution in [0.1, 0.15) is 37.4 Å². The molecule has 0 bridgehead atoms. The van der Waals surface area contributed by atoms with Crippen LogP contribution in [0.25, 0.3) is 0 Å². The van der Waals surface area contributed by atoms with Crippen LogP contribution in [-0.4, -0.2) is 36.4 Å². The Morgan fingerprint density at radius 3 is 3.19 bits per heavy atom. The van der Waals surface area contributed by atoms with Crippen LogP contribution in [0.5, 0.6) is 0 Å². The molecule has 1 saturated heterocycles. The van der Waals surface area contributed by atoms with E-state index in [4.69, 9.17) is 9.26 Å². The summed E-state index contributed by atoms with van der Waals surface area (Å²) in [6, 6.07) is 0. The first kappa shape index (κ1) is 11.5. The first-order chi connectivity index (χ1) is 7.79. The minimum atomic E-state index is 0.134. The van der Waals surface area contributed by atoms with E-state index in [1.54, 1.807) is 7.11 Å². The van der Waals surface area contributed by atoms with Gasteiger partial charge in [0.25, 0.3) is 0 Å². The minimum Gasteiger partial charge on any atom is -0.381 e. The third-order valence-electron chi connectivity index (χ3n) is 3.00. The van der Waals surface area contributed by atoms with Crippen molar-refractivity contribution in [2.75, 3.05) is 20.2 Å². The van der Waals surface area contributed by atoms with Gasteiger partial charge in [-0.25, -0.2) is 0 Å². The SMILES string of the molecule is COC(C)Cc1noc(C2CCCNC2)n1. The molecule has 1 N–H and O–H groups in total. The predicted octanol–water partition coefficient (Wildman–Crippen LogP) is 1.11. The second-order valence-corrected chi connectivity index (χ2v) is 4.34. The molecule has 1 aliphatic rings. The summed E-state index contributed by atoms with van der Waals surface area (Å²) < 4.78 is 10.5. The molecule has 0 spiro atoms. The monoisotopic (exact) mass is 225 g/mol. The van der Waals surface area contributed by atoms with E-state index in [1.165, 1.54) is 6.42 Å². The normalized spacial score (nSPS) is 23.2. The standard InChI is InChI=1S/C11H19N3O2/c1-8(15-2)6-10-13-11(16-14-10)9-4-3-5-12-7-9/h8-9,12H,3-7H2,1-2H3. The zero-order chi connectivity index (χ0) is 11.4. The van der Waals surface area contributed by atoms with E-state index in [-0.39, 0.29) is 6.10 Å². The number of nitrogens with one attached hydrogen (secondary N) is 1. The van der Waals surface area contributed by atoms with Gasteiger partial charge in [0, 0.05) is 20.1 Å². The molecule has 1 fully saturated rings. The maximum Gasteiger partial charge on any atom is 0.231 e. The van der Waals surface area contributed by atoms with E-state index in [0.29, 0.717) is 12.3 Å². The Morgan fingerprint density at radius 2 is 2.50 bits per heavy atom. The number of hydrogen-bond donors (Lipinski definition) is 1. The molecular weight excluding hydrogens is 206 g/mol. The number of nitrogens with zero attached hydrogens (tertiary/aromatic N) is 2. The molecule has 5 nitrogen and oxygen atoms in total. The molecule has 0 aromatic carbocycles. The molecule has 2 heterocycles. The summed E-state index contributed by atoms with van der Waals surface area (Å²) in [5.41, 5.74) is 0. The van der Waals surface area contributed by atoms with Crippen LogP contribution in [0.2, 0.25) is 0 Å². The van der Waals surface area contributed by atoms with E-state index < -0.39 is 0 Å². The molecule has 1 aromatic heterocycles. The quantitative estimate of drug-likeness (QED) is 0.832. The van der Waals surface area contributed by atoms with E-state index in [1.807, 2.05) is 6.92 Å². The fourth-order valence-corrected chi connectivity index (χ4v) is 1.92. The van der Waals surface area contributed by atoms with Crippen LogP contribution in [0.4, 0.5) is 0 Å². The summed E-state index contributed by atoms with van der Waals surface area (Å²) in [5, 5.41) is 7.33. The molecule has 2 rings (SSSR count). The zero-order valence-corrected chi connectivity index (χ0v) is 9.90. The third-order valence-corrected chi connectivity index (χ3v) is 3.00. The van der Waals surface area contributed by atoms with E-state index in [9.17, 15) is 0 Å². The number of rotatable bonds is 4. The highest BCUT2D eigenvalue weighted by molar-refractivity contribution is 4.97. The van der Waals surface area contributed by atoms with Gasteiger partial charge in [-0.2, -0.15) is 4.98 Å². The van der Waals surface area contributed by atoms with Crippen molar-refractivity contribution in [2.24, 2.45) is 0 Å². The van der Waals surface area contributed by atoms with Crippen LogP contribution in [0.15, 0.2) is 4.52 Å². The van der Waals surface area contributed by atoms with Crippen molar-refractivity contribution in [2.45, 2.75) is 38.2 Å². The van der Waals surface area contributed by atoms with Gasteiger partial charge in [-0.15, -0.1) is 0 Å². The lowest BCUT2D eigenvalue weighted by Crippen LogP contribution is -2.28. The summed E-state index contributed by atoms with van der Waals surface area (Å²) >= 11 is 0. The van der Waals surface area contributed by atoms with Gasteiger partial charge in [0.15, 0.2) is 5.82 Å². The van der Waals surface area contributed by atoms with Crippen molar-refractivity contribution in [3.05, 3.63) is 11.7 Å². The fraction of sp³-hybridized carbons (Fsp3) is 0.818. The van der Waals surface area contributed by atoms with E-state index >= 15 is 0 Å². The van der Waals surface area contributed by atoms with Gasteiger partial charge in [-0.3, -0.25) is 0 Å². The van der Waals surface area contributed by atoms with Gasteiger partial charge in [0.05, 0.1) is 12.0 Å². The second kappa shape index (κ2) is 5.41. The number of hydrogen-bond acceptors (Lipinski definition) is 5. The molecule has 2 unspecified atom stereocenters. The van der Waals surface area contributed by atoms with Crippen LogP contribution in [0.3, 0.4) is 0 Å². The maximum absolute atomic E-state index is 5.29. The number of aromatic nitrogens is 2. The third kappa shape index (κ3) is 2.80. The average Bonchev–Trinajstić information content (AvgIpc) is 2.78.